The van der Waals surface area contributed by atoms with Crippen LogP contribution in [0.3, 0.4) is 0 Å². The zero-order chi connectivity index (χ0) is 20.5. The van der Waals surface area contributed by atoms with Crippen molar-refractivity contribution in [2.24, 2.45) is 0 Å². The second-order valence-corrected chi connectivity index (χ2v) is 6.46. The first-order valence-corrected chi connectivity index (χ1v) is 8.95. The molecule has 0 aliphatic heterocycles. The van der Waals surface area contributed by atoms with Crippen LogP contribution < -0.4 is 15.2 Å². The minimum atomic E-state index is 0.155. The van der Waals surface area contributed by atoms with E-state index >= 15 is 0 Å². The second-order valence-electron chi connectivity index (χ2n) is 6.46. The van der Waals surface area contributed by atoms with E-state index < -0.39 is 0 Å². The van der Waals surface area contributed by atoms with Crippen molar-refractivity contribution in [3.63, 3.8) is 0 Å². The first kappa shape index (κ1) is 18.3. The number of hydrogen-bond donors (Lipinski definition) is 1. The fourth-order valence-electron chi connectivity index (χ4n) is 3.48. The summed E-state index contributed by atoms with van der Waals surface area (Å²) in [7, 11) is 3.15. The zero-order valence-electron chi connectivity index (χ0n) is 16.3. The number of aryl methyl sites for hydroxylation is 1. The smallest absolute Gasteiger partial charge is 0.166 e. The Bertz CT molecular complexity index is 1260. The number of aromatic nitrogens is 3. The predicted molar refractivity (Wildman–Crippen MR) is 111 cm³/mol. The summed E-state index contributed by atoms with van der Waals surface area (Å²) >= 11 is 0. The maximum absolute atomic E-state index is 9.81. The fraction of sp³-hybridized carbons (Fsp3) is 0.136. The molecule has 0 radical (unpaired) electrons. The molecule has 0 amide bonds. The fourth-order valence-corrected chi connectivity index (χ4v) is 3.48. The summed E-state index contributed by atoms with van der Waals surface area (Å²) in [5, 5.41) is 15.3. The van der Waals surface area contributed by atoms with E-state index in [1.54, 1.807) is 25.0 Å². The van der Waals surface area contributed by atoms with Gasteiger partial charge in [0.25, 0.3) is 0 Å². The predicted octanol–water partition coefficient (Wildman–Crippen LogP) is 3.87. The molecule has 0 fully saturated rings. The van der Waals surface area contributed by atoms with E-state index in [0.717, 1.165) is 22.3 Å². The Morgan fingerprint density at radius 3 is 2.41 bits per heavy atom. The van der Waals surface area contributed by atoms with Crippen molar-refractivity contribution in [2.45, 2.75) is 6.92 Å². The van der Waals surface area contributed by atoms with Crippen LogP contribution in [0.1, 0.15) is 11.3 Å². The molecule has 4 aromatic rings. The van der Waals surface area contributed by atoms with Crippen LogP contribution in [0.2, 0.25) is 0 Å². The number of pyridine rings is 1. The monoisotopic (exact) mass is 385 g/mol. The largest absolute Gasteiger partial charge is 0.493 e. The number of para-hydroxylation sites is 1. The SMILES string of the molecule is COc1ccc(-c2c(C#N)c(N)nc3c2c(C)nn3-c2ccccc2)cc1OC. The topological polar surface area (TPSA) is 99.0 Å². The minimum absolute atomic E-state index is 0.155. The molecular formula is C22H19N5O2. The molecule has 0 saturated carbocycles. The highest BCUT2D eigenvalue weighted by Gasteiger charge is 2.22. The van der Waals surface area contributed by atoms with Crippen LogP contribution in [-0.2, 0) is 0 Å². The molecule has 7 heteroatoms. The molecule has 2 heterocycles. The summed E-state index contributed by atoms with van der Waals surface area (Å²) in [5.74, 6) is 1.32. The first-order chi connectivity index (χ1) is 14.1. The van der Waals surface area contributed by atoms with Crippen LogP contribution in [0.25, 0.3) is 27.8 Å². The molecule has 0 atom stereocenters. The Labute approximate surface area is 167 Å². The van der Waals surface area contributed by atoms with Crippen molar-refractivity contribution in [3.8, 4) is 34.4 Å². The first-order valence-electron chi connectivity index (χ1n) is 8.95. The van der Waals surface area contributed by atoms with Gasteiger partial charge in [-0.3, -0.25) is 0 Å². The van der Waals surface area contributed by atoms with Crippen molar-refractivity contribution in [1.82, 2.24) is 14.8 Å². The van der Waals surface area contributed by atoms with Gasteiger partial charge in [-0.2, -0.15) is 10.4 Å². The summed E-state index contributed by atoms with van der Waals surface area (Å²) in [4.78, 5) is 4.51. The zero-order valence-corrected chi connectivity index (χ0v) is 16.3. The molecule has 29 heavy (non-hydrogen) atoms. The highest BCUT2D eigenvalue weighted by molar-refractivity contribution is 6.00. The van der Waals surface area contributed by atoms with E-state index in [4.69, 9.17) is 15.2 Å². The molecule has 0 aliphatic carbocycles. The maximum Gasteiger partial charge on any atom is 0.166 e. The number of benzene rings is 2. The van der Waals surface area contributed by atoms with Gasteiger partial charge in [-0.25, -0.2) is 9.67 Å². The normalized spacial score (nSPS) is 10.7. The number of nitrogens with two attached hydrogens (primary N) is 1. The van der Waals surface area contributed by atoms with E-state index in [0.29, 0.717) is 28.3 Å². The number of hydrogen-bond acceptors (Lipinski definition) is 6. The van der Waals surface area contributed by atoms with Gasteiger partial charge in [0.05, 0.1) is 31.0 Å². The molecule has 2 aromatic heterocycles. The second kappa shape index (κ2) is 7.17. The molecule has 0 unspecified atom stereocenters. The third kappa shape index (κ3) is 2.91. The summed E-state index contributed by atoms with van der Waals surface area (Å²) < 4.78 is 12.5. The average molecular weight is 385 g/mol. The Balaban J connectivity index is 2.09. The maximum atomic E-state index is 9.81. The van der Waals surface area contributed by atoms with E-state index in [9.17, 15) is 5.26 Å². The van der Waals surface area contributed by atoms with Gasteiger partial charge in [0.15, 0.2) is 17.1 Å². The molecule has 2 aromatic carbocycles. The van der Waals surface area contributed by atoms with Crippen molar-refractivity contribution >= 4 is 16.9 Å². The van der Waals surface area contributed by atoms with Gasteiger partial charge in [0, 0.05) is 5.56 Å². The van der Waals surface area contributed by atoms with E-state index in [1.807, 2.05) is 49.4 Å². The van der Waals surface area contributed by atoms with Crippen molar-refractivity contribution in [1.29, 1.82) is 5.26 Å². The summed E-state index contributed by atoms with van der Waals surface area (Å²) in [6, 6.07) is 17.4. The van der Waals surface area contributed by atoms with Crippen LogP contribution >= 0.6 is 0 Å². The Kier molecular flexibility index (Phi) is 4.53. The van der Waals surface area contributed by atoms with Gasteiger partial charge in [-0.05, 0) is 36.8 Å². The van der Waals surface area contributed by atoms with Gasteiger partial charge < -0.3 is 15.2 Å². The molecule has 0 bridgehead atoms. The summed E-state index contributed by atoms with van der Waals surface area (Å²) in [6.07, 6.45) is 0. The van der Waals surface area contributed by atoms with E-state index in [-0.39, 0.29) is 5.82 Å². The lowest BCUT2D eigenvalue weighted by Gasteiger charge is -2.13. The Morgan fingerprint density at radius 2 is 1.76 bits per heavy atom. The van der Waals surface area contributed by atoms with Gasteiger partial charge in [-0.1, -0.05) is 24.3 Å². The molecule has 0 aliphatic rings. The molecular weight excluding hydrogens is 366 g/mol. The van der Waals surface area contributed by atoms with Crippen molar-refractivity contribution in [2.75, 3.05) is 20.0 Å². The summed E-state index contributed by atoms with van der Waals surface area (Å²) in [6.45, 7) is 1.89. The third-order valence-corrected chi connectivity index (χ3v) is 4.80. The molecule has 0 saturated heterocycles. The number of rotatable bonds is 4. The van der Waals surface area contributed by atoms with Gasteiger partial charge in [0.2, 0.25) is 0 Å². The average Bonchev–Trinajstić information content (AvgIpc) is 3.08. The standard InChI is InChI=1S/C22H19N5O2/c1-13-19-20(14-9-10-17(28-2)18(11-14)29-3)16(12-23)21(24)25-22(19)27(26-13)15-7-5-4-6-8-15/h4-11H,1-3H3,(H2,24,25). The van der Waals surface area contributed by atoms with Crippen LogP contribution in [0.5, 0.6) is 11.5 Å². The van der Waals surface area contributed by atoms with Gasteiger partial charge in [-0.15, -0.1) is 0 Å². The lowest BCUT2D eigenvalue weighted by atomic mass is 9.96. The van der Waals surface area contributed by atoms with Crippen LogP contribution in [0, 0.1) is 18.3 Å². The number of nitrogens with zero attached hydrogens (tertiary/aromatic N) is 4. The molecule has 144 valence electrons. The minimum Gasteiger partial charge on any atom is -0.493 e. The van der Waals surface area contributed by atoms with E-state index in [1.165, 1.54) is 0 Å². The van der Waals surface area contributed by atoms with Crippen molar-refractivity contribution in [3.05, 3.63) is 59.8 Å². The van der Waals surface area contributed by atoms with E-state index in [2.05, 4.69) is 16.2 Å². The number of nitrogen functional groups attached to an aromatic ring is 1. The number of ether oxygens (including phenoxy) is 2. The van der Waals surface area contributed by atoms with Crippen LogP contribution in [0.15, 0.2) is 48.5 Å². The Hall–Kier alpha value is -4.05. The quantitative estimate of drug-likeness (QED) is 0.572. The highest BCUT2D eigenvalue weighted by Crippen LogP contribution is 2.39. The molecule has 2 N–H and O–H groups in total. The summed E-state index contributed by atoms with van der Waals surface area (Å²) in [5.41, 5.74) is 10.1. The number of fused-ring (bicyclic) bond motifs is 1. The van der Waals surface area contributed by atoms with Crippen LogP contribution in [-0.4, -0.2) is 29.0 Å². The lowest BCUT2D eigenvalue weighted by molar-refractivity contribution is 0.355. The van der Waals surface area contributed by atoms with Gasteiger partial charge in [0.1, 0.15) is 17.5 Å². The number of methoxy groups -OCH3 is 2. The molecule has 4 rings (SSSR count). The van der Waals surface area contributed by atoms with Gasteiger partial charge >= 0.3 is 0 Å². The van der Waals surface area contributed by atoms with Crippen molar-refractivity contribution < 1.29 is 9.47 Å². The molecule has 0 spiro atoms. The highest BCUT2D eigenvalue weighted by atomic mass is 16.5. The van der Waals surface area contributed by atoms with Crippen LogP contribution in [0.4, 0.5) is 5.82 Å². The number of nitriles is 1. The lowest BCUT2D eigenvalue weighted by Crippen LogP contribution is -2.03. The third-order valence-electron chi connectivity index (χ3n) is 4.80. The Morgan fingerprint density at radius 1 is 1.03 bits per heavy atom. The molecule has 7 nitrogen and oxygen atoms in total. The number of anilines is 1.